The number of hydrogen-bond acceptors (Lipinski definition) is 6. The van der Waals surface area contributed by atoms with Crippen molar-refractivity contribution < 1.29 is 19.0 Å². The maximum Gasteiger partial charge on any atom is 0.322 e. The molecule has 1 aromatic heterocycles. The van der Waals surface area contributed by atoms with Crippen molar-refractivity contribution in [3.05, 3.63) is 34.3 Å². The van der Waals surface area contributed by atoms with E-state index in [0.717, 1.165) is 0 Å². The number of rotatable bonds is 5. The summed E-state index contributed by atoms with van der Waals surface area (Å²) in [5.41, 5.74) is 0. The van der Waals surface area contributed by atoms with Gasteiger partial charge in [0, 0.05) is 0 Å². The van der Waals surface area contributed by atoms with Gasteiger partial charge in [0.2, 0.25) is 0 Å². The monoisotopic (exact) mass is 311 g/mol. The number of methoxy groups -OCH3 is 1. The van der Waals surface area contributed by atoms with Crippen LogP contribution in [0.2, 0.25) is 0 Å². The molecule has 120 valence electrons. The predicted octanol–water partition coefficient (Wildman–Crippen LogP) is 0.0110. The van der Waals surface area contributed by atoms with Crippen LogP contribution in [-0.2, 0) is 16.1 Å². The molecule has 0 amide bonds. The van der Waals surface area contributed by atoms with Crippen LogP contribution < -0.4 is 5.32 Å². The molecular weight excluding hydrogens is 294 g/mol. The Morgan fingerprint density at radius 2 is 2.45 bits per heavy atom. The molecule has 22 heavy (non-hydrogen) atoms. The van der Waals surface area contributed by atoms with Gasteiger partial charge in [0.15, 0.2) is 5.03 Å². The number of hydrazone groups is 1. The Morgan fingerprint density at radius 3 is 3.05 bits per heavy atom. The summed E-state index contributed by atoms with van der Waals surface area (Å²) in [6.07, 6.45) is 1.52. The van der Waals surface area contributed by atoms with Crippen molar-refractivity contribution in [2.75, 3.05) is 20.4 Å². The summed E-state index contributed by atoms with van der Waals surface area (Å²) in [4.78, 5) is 25.6. The van der Waals surface area contributed by atoms with Crippen molar-refractivity contribution in [2.45, 2.75) is 19.5 Å². The number of hydrogen-bond donors (Lipinski definition) is 1. The van der Waals surface area contributed by atoms with E-state index in [1.165, 1.54) is 13.4 Å². The van der Waals surface area contributed by atoms with E-state index in [1.807, 2.05) is 0 Å². The van der Waals surface area contributed by atoms with E-state index >= 15 is 0 Å². The number of guanidine groups is 1. The Balaban J connectivity index is 2.14. The Kier molecular flexibility index (Phi) is 4.94. The van der Waals surface area contributed by atoms with Crippen molar-refractivity contribution in [3.63, 3.8) is 0 Å². The number of nitro groups is 1. The van der Waals surface area contributed by atoms with Gasteiger partial charge in [-0.15, -0.1) is 0 Å². The number of nitrogens with zero attached hydrogens (tertiary/aromatic N) is 4. The standard InChI is InChI=1S/C12H17N5O5/c1-9(11(18)21-2)16-7-13-12(14-17(19)20)15(8-16)6-10-4-3-5-22-10/h3-5,9H,6-8H2,1-2H3,(H,13,14). The second kappa shape index (κ2) is 6.89. The molecule has 1 saturated heterocycles. The van der Waals surface area contributed by atoms with Crippen molar-refractivity contribution in [1.29, 1.82) is 0 Å². The molecule has 0 aromatic carbocycles. The van der Waals surface area contributed by atoms with Crippen molar-refractivity contribution >= 4 is 11.9 Å². The molecule has 10 nitrogen and oxygen atoms in total. The van der Waals surface area contributed by atoms with E-state index in [-0.39, 0.29) is 31.8 Å². The third kappa shape index (κ3) is 3.73. The normalized spacial score (nSPS) is 18.8. The Morgan fingerprint density at radius 1 is 1.68 bits per heavy atom. The zero-order valence-corrected chi connectivity index (χ0v) is 12.3. The van der Waals surface area contributed by atoms with Crippen molar-refractivity contribution in [3.8, 4) is 0 Å². The Hall–Kier alpha value is -2.62. The lowest BCUT2D eigenvalue weighted by atomic mass is 10.3. The van der Waals surface area contributed by atoms with Crippen LogP contribution in [-0.4, -0.2) is 53.3 Å². The first-order valence-corrected chi connectivity index (χ1v) is 6.57. The molecular formula is C12H17N5O5. The molecule has 0 aliphatic carbocycles. The molecule has 1 fully saturated rings. The molecule has 0 bridgehead atoms. The summed E-state index contributed by atoms with van der Waals surface area (Å²) >= 11 is 0. The minimum absolute atomic E-state index is 0.120. The van der Waals surface area contributed by atoms with Crippen LogP contribution in [0.25, 0.3) is 0 Å². The second-order valence-electron chi connectivity index (χ2n) is 4.70. The maximum absolute atomic E-state index is 11.6. The third-order valence-electron chi connectivity index (χ3n) is 3.29. The molecule has 0 saturated carbocycles. The van der Waals surface area contributed by atoms with Crippen molar-refractivity contribution in [1.82, 2.24) is 15.1 Å². The van der Waals surface area contributed by atoms with E-state index in [4.69, 9.17) is 9.15 Å². The van der Waals surface area contributed by atoms with Crippen LogP contribution in [0.3, 0.4) is 0 Å². The third-order valence-corrected chi connectivity index (χ3v) is 3.29. The van der Waals surface area contributed by atoms with Crippen LogP contribution in [0.5, 0.6) is 0 Å². The Labute approximate surface area is 126 Å². The fourth-order valence-electron chi connectivity index (χ4n) is 2.09. The molecule has 1 aliphatic heterocycles. The molecule has 0 radical (unpaired) electrons. The molecule has 2 rings (SSSR count). The summed E-state index contributed by atoms with van der Waals surface area (Å²) in [6.45, 7) is 2.51. The van der Waals surface area contributed by atoms with E-state index in [0.29, 0.717) is 5.76 Å². The van der Waals surface area contributed by atoms with Gasteiger partial charge in [0.25, 0.3) is 5.96 Å². The molecule has 1 N–H and O–H groups in total. The first kappa shape index (κ1) is 15.8. The highest BCUT2D eigenvalue weighted by molar-refractivity contribution is 5.80. The zero-order valence-electron chi connectivity index (χ0n) is 12.3. The summed E-state index contributed by atoms with van der Waals surface area (Å²) in [5.74, 6) is 0.370. The van der Waals surface area contributed by atoms with E-state index in [2.05, 4.69) is 10.4 Å². The van der Waals surface area contributed by atoms with Crippen molar-refractivity contribution in [2.24, 2.45) is 5.10 Å². The van der Waals surface area contributed by atoms with Gasteiger partial charge in [0.05, 0.1) is 33.3 Å². The number of furan rings is 1. The lowest BCUT2D eigenvalue weighted by Gasteiger charge is -2.38. The van der Waals surface area contributed by atoms with Crippen LogP contribution in [0.1, 0.15) is 12.7 Å². The predicted molar refractivity (Wildman–Crippen MR) is 74.9 cm³/mol. The summed E-state index contributed by atoms with van der Waals surface area (Å²) in [6, 6.07) is 2.99. The van der Waals surface area contributed by atoms with E-state index < -0.39 is 11.1 Å². The molecule has 1 aliphatic rings. The van der Waals surface area contributed by atoms with Gasteiger partial charge in [-0.3, -0.25) is 9.69 Å². The number of esters is 1. The summed E-state index contributed by atoms with van der Waals surface area (Å²) < 4.78 is 9.96. The van der Waals surface area contributed by atoms with Gasteiger partial charge >= 0.3 is 5.97 Å². The molecule has 0 spiro atoms. The minimum Gasteiger partial charge on any atom is -0.468 e. The minimum atomic E-state index is -0.767. The number of carbonyl (C=O) groups excluding carboxylic acids is 1. The maximum atomic E-state index is 11.6. The first-order valence-electron chi connectivity index (χ1n) is 6.57. The average molecular weight is 311 g/mol. The highest BCUT2D eigenvalue weighted by atomic mass is 16.7. The quantitative estimate of drug-likeness (QED) is 0.459. The SMILES string of the molecule is COC(=O)C(C)N1CN/C(=N\[N+](=O)[O-])N(Cc2ccco2)C1. The topological polar surface area (TPSA) is 113 Å². The number of ether oxygens (including phenoxy) is 1. The molecule has 10 heteroatoms. The number of carbonyl (C=O) groups is 1. The van der Waals surface area contributed by atoms with Gasteiger partial charge in [-0.1, -0.05) is 0 Å². The second-order valence-corrected chi connectivity index (χ2v) is 4.70. The molecule has 2 heterocycles. The Bertz CT molecular complexity index is 558. The largest absolute Gasteiger partial charge is 0.468 e. The van der Waals surface area contributed by atoms with Gasteiger partial charge in [-0.25, -0.2) is 10.1 Å². The zero-order chi connectivity index (χ0) is 16.1. The molecule has 1 unspecified atom stereocenters. The van der Waals surface area contributed by atoms with Crippen LogP contribution >= 0.6 is 0 Å². The smallest absolute Gasteiger partial charge is 0.322 e. The number of nitrogens with one attached hydrogen (secondary N) is 1. The van der Waals surface area contributed by atoms with E-state index in [9.17, 15) is 14.9 Å². The summed E-state index contributed by atoms with van der Waals surface area (Å²) in [7, 11) is 1.32. The van der Waals surface area contributed by atoms with Gasteiger partial charge in [-0.2, -0.15) is 0 Å². The van der Waals surface area contributed by atoms with Gasteiger partial charge in [0.1, 0.15) is 16.9 Å². The fraction of sp³-hybridized carbons (Fsp3) is 0.500. The lowest BCUT2D eigenvalue weighted by molar-refractivity contribution is -0.486. The molecule has 1 atom stereocenters. The van der Waals surface area contributed by atoms with E-state index in [1.54, 1.807) is 28.9 Å². The highest BCUT2D eigenvalue weighted by Gasteiger charge is 2.31. The summed E-state index contributed by atoms with van der Waals surface area (Å²) in [5, 5.41) is 16.0. The van der Waals surface area contributed by atoms with Crippen LogP contribution in [0.4, 0.5) is 0 Å². The van der Waals surface area contributed by atoms with Gasteiger partial charge in [-0.05, 0) is 19.1 Å². The highest BCUT2D eigenvalue weighted by Crippen LogP contribution is 2.12. The molecule has 1 aromatic rings. The van der Waals surface area contributed by atoms with Crippen LogP contribution in [0, 0.1) is 10.1 Å². The first-order chi connectivity index (χ1) is 10.5. The average Bonchev–Trinajstić information content (AvgIpc) is 3.00. The van der Waals surface area contributed by atoms with Gasteiger partial charge < -0.3 is 19.4 Å². The fourth-order valence-corrected chi connectivity index (χ4v) is 2.09. The van der Waals surface area contributed by atoms with Crippen LogP contribution in [0.15, 0.2) is 27.9 Å². The lowest BCUT2D eigenvalue weighted by Crippen LogP contribution is -2.60.